The third-order valence-electron chi connectivity index (χ3n) is 4.34. The van der Waals surface area contributed by atoms with Gasteiger partial charge in [-0.05, 0) is 49.2 Å². The molecular weight excluding hydrogens is 328 g/mol. The molecule has 0 fully saturated rings. The van der Waals surface area contributed by atoms with Gasteiger partial charge in [-0.1, -0.05) is 12.1 Å². The van der Waals surface area contributed by atoms with Crippen LogP contribution in [0.25, 0.3) is 0 Å². The molecule has 0 bridgehead atoms. The van der Waals surface area contributed by atoms with Gasteiger partial charge < -0.3 is 10.6 Å². The summed E-state index contributed by atoms with van der Waals surface area (Å²) in [7, 11) is 0. The number of aromatic nitrogens is 4. The molecule has 0 saturated heterocycles. The number of carbonyl (C=O) groups is 1. The van der Waals surface area contributed by atoms with Crippen molar-refractivity contribution in [2.75, 3.05) is 10.6 Å². The molecule has 1 unspecified atom stereocenters. The van der Waals surface area contributed by atoms with E-state index in [9.17, 15) is 4.79 Å². The Kier molecular flexibility index (Phi) is 3.96. The average molecular weight is 346 g/mol. The first kappa shape index (κ1) is 16.0. The zero-order chi connectivity index (χ0) is 18.1. The number of fused-ring (bicyclic) bond motifs is 1. The molecular formula is C19H18N6O. The second kappa shape index (κ2) is 6.44. The lowest BCUT2D eigenvalue weighted by atomic mass is 9.96. The van der Waals surface area contributed by atoms with Crippen molar-refractivity contribution in [1.29, 1.82) is 0 Å². The first-order valence-electron chi connectivity index (χ1n) is 8.29. The molecule has 7 nitrogen and oxygen atoms in total. The van der Waals surface area contributed by atoms with Crippen molar-refractivity contribution in [1.82, 2.24) is 19.7 Å². The van der Waals surface area contributed by atoms with E-state index in [-0.39, 0.29) is 11.9 Å². The molecule has 4 rings (SSSR count). The topological polar surface area (TPSA) is 84.7 Å². The predicted octanol–water partition coefficient (Wildman–Crippen LogP) is 2.91. The number of hydrogen-bond donors (Lipinski definition) is 2. The standard InChI is InChI=1S/C19H18N6O/c1-12-4-3-5-15(10-12)24-18(26)16-13(2)23-19-21-11-22-25(19)17(16)14-6-8-20-9-7-14/h3-11,17H,1-2H3,(H,24,26)(H,21,22,23). The summed E-state index contributed by atoms with van der Waals surface area (Å²) in [6, 6.07) is 11.1. The molecule has 1 amide bonds. The molecule has 0 radical (unpaired) electrons. The Morgan fingerprint density at radius 2 is 2.00 bits per heavy atom. The fourth-order valence-electron chi connectivity index (χ4n) is 3.16. The fourth-order valence-corrected chi connectivity index (χ4v) is 3.16. The van der Waals surface area contributed by atoms with Gasteiger partial charge in [-0.15, -0.1) is 0 Å². The van der Waals surface area contributed by atoms with Crippen LogP contribution in [0.2, 0.25) is 0 Å². The molecule has 3 aromatic rings. The van der Waals surface area contributed by atoms with E-state index in [1.165, 1.54) is 6.33 Å². The quantitative estimate of drug-likeness (QED) is 0.762. The molecule has 130 valence electrons. The Morgan fingerprint density at radius 3 is 2.77 bits per heavy atom. The molecule has 0 aliphatic carbocycles. The van der Waals surface area contributed by atoms with Crippen LogP contribution >= 0.6 is 0 Å². The second-order valence-electron chi connectivity index (χ2n) is 6.20. The molecule has 1 atom stereocenters. The number of pyridine rings is 1. The van der Waals surface area contributed by atoms with Crippen LogP contribution in [0.15, 0.2) is 66.4 Å². The number of aryl methyl sites for hydroxylation is 1. The van der Waals surface area contributed by atoms with E-state index in [4.69, 9.17) is 0 Å². The zero-order valence-corrected chi connectivity index (χ0v) is 14.5. The van der Waals surface area contributed by atoms with Crippen LogP contribution in [0.1, 0.15) is 24.1 Å². The van der Waals surface area contributed by atoms with Gasteiger partial charge >= 0.3 is 0 Å². The number of allylic oxidation sites excluding steroid dienone is 1. The van der Waals surface area contributed by atoms with Gasteiger partial charge in [0.15, 0.2) is 0 Å². The molecule has 1 aliphatic heterocycles. The highest BCUT2D eigenvalue weighted by Gasteiger charge is 2.33. The molecule has 2 N–H and O–H groups in total. The van der Waals surface area contributed by atoms with Crippen LogP contribution in [0.5, 0.6) is 0 Å². The number of hydrogen-bond acceptors (Lipinski definition) is 5. The van der Waals surface area contributed by atoms with Crippen molar-refractivity contribution in [3.63, 3.8) is 0 Å². The average Bonchev–Trinajstić information content (AvgIpc) is 3.09. The van der Waals surface area contributed by atoms with Gasteiger partial charge in [-0.3, -0.25) is 9.78 Å². The Morgan fingerprint density at radius 1 is 1.19 bits per heavy atom. The monoisotopic (exact) mass is 346 g/mol. The highest BCUT2D eigenvalue weighted by molar-refractivity contribution is 6.06. The normalized spacial score (nSPS) is 16.0. The molecule has 1 aromatic carbocycles. The first-order chi connectivity index (χ1) is 12.6. The number of carbonyl (C=O) groups excluding carboxylic acids is 1. The lowest BCUT2D eigenvalue weighted by molar-refractivity contribution is -0.113. The van der Waals surface area contributed by atoms with Gasteiger partial charge in [0.05, 0.1) is 5.57 Å². The summed E-state index contributed by atoms with van der Waals surface area (Å²) in [5.74, 6) is 0.431. The van der Waals surface area contributed by atoms with Crippen LogP contribution in [-0.4, -0.2) is 25.7 Å². The summed E-state index contributed by atoms with van der Waals surface area (Å²) in [5, 5.41) is 10.5. The van der Waals surface area contributed by atoms with E-state index in [2.05, 4.69) is 25.7 Å². The summed E-state index contributed by atoms with van der Waals surface area (Å²) < 4.78 is 1.72. The number of anilines is 2. The SMILES string of the molecule is CC1=C(C(=O)Nc2cccc(C)c2)C(c2ccncc2)n2ncnc2N1. The van der Waals surface area contributed by atoms with Gasteiger partial charge in [0, 0.05) is 23.8 Å². The fraction of sp³-hybridized carbons (Fsp3) is 0.158. The minimum Gasteiger partial charge on any atom is -0.328 e. The lowest BCUT2D eigenvalue weighted by Gasteiger charge is -2.28. The highest BCUT2D eigenvalue weighted by atomic mass is 16.1. The Bertz CT molecular complexity index is 992. The minimum atomic E-state index is -0.374. The minimum absolute atomic E-state index is 0.177. The van der Waals surface area contributed by atoms with E-state index in [1.807, 2.05) is 50.2 Å². The van der Waals surface area contributed by atoms with E-state index < -0.39 is 0 Å². The molecule has 0 saturated carbocycles. The van der Waals surface area contributed by atoms with E-state index in [0.29, 0.717) is 11.5 Å². The molecule has 3 heterocycles. The van der Waals surface area contributed by atoms with Crippen LogP contribution in [0.4, 0.5) is 11.6 Å². The second-order valence-corrected chi connectivity index (χ2v) is 6.20. The van der Waals surface area contributed by atoms with Gasteiger partial charge in [-0.25, -0.2) is 4.68 Å². The number of rotatable bonds is 3. The molecule has 0 spiro atoms. The van der Waals surface area contributed by atoms with Crippen LogP contribution < -0.4 is 10.6 Å². The first-order valence-corrected chi connectivity index (χ1v) is 8.29. The van der Waals surface area contributed by atoms with Crippen LogP contribution in [-0.2, 0) is 4.79 Å². The number of nitrogens with one attached hydrogen (secondary N) is 2. The highest BCUT2D eigenvalue weighted by Crippen LogP contribution is 2.34. The predicted molar refractivity (Wildman–Crippen MR) is 98.5 cm³/mol. The summed E-state index contributed by atoms with van der Waals surface area (Å²) >= 11 is 0. The van der Waals surface area contributed by atoms with Crippen molar-refractivity contribution in [3.8, 4) is 0 Å². The summed E-state index contributed by atoms with van der Waals surface area (Å²) in [6.45, 7) is 3.86. The third kappa shape index (κ3) is 2.83. The zero-order valence-electron chi connectivity index (χ0n) is 14.5. The van der Waals surface area contributed by atoms with Gasteiger partial charge in [0.1, 0.15) is 12.4 Å². The van der Waals surface area contributed by atoms with E-state index >= 15 is 0 Å². The van der Waals surface area contributed by atoms with Crippen molar-refractivity contribution >= 4 is 17.5 Å². The number of nitrogens with zero attached hydrogens (tertiary/aromatic N) is 4. The maximum absolute atomic E-state index is 13.1. The Hall–Kier alpha value is -3.48. The van der Waals surface area contributed by atoms with Crippen molar-refractivity contribution in [2.24, 2.45) is 0 Å². The van der Waals surface area contributed by atoms with Crippen molar-refractivity contribution in [2.45, 2.75) is 19.9 Å². The van der Waals surface area contributed by atoms with Gasteiger partial charge in [-0.2, -0.15) is 10.1 Å². The molecule has 1 aliphatic rings. The van der Waals surface area contributed by atoms with E-state index in [1.54, 1.807) is 17.1 Å². The Balaban J connectivity index is 1.75. The summed E-state index contributed by atoms with van der Waals surface area (Å²) in [6.07, 6.45) is 4.89. The van der Waals surface area contributed by atoms with Crippen LogP contribution in [0, 0.1) is 6.92 Å². The van der Waals surface area contributed by atoms with Crippen LogP contribution in [0.3, 0.4) is 0 Å². The molecule has 2 aromatic heterocycles. The number of benzene rings is 1. The summed E-state index contributed by atoms with van der Waals surface area (Å²) in [4.78, 5) is 21.4. The molecule has 26 heavy (non-hydrogen) atoms. The van der Waals surface area contributed by atoms with Gasteiger partial charge in [0.25, 0.3) is 5.91 Å². The van der Waals surface area contributed by atoms with E-state index in [0.717, 1.165) is 22.5 Å². The smallest absolute Gasteiger partial charge is 0.255 e. The van der Waals surface area contributed by atoms with Crippen molar-refractivity contribution < 1.29 is 4.79 Å². The molecule has 7 heteroatoms. The van der Waals surface area contributed by atoms with Gasteiger partial charge in [0.2, 0.25) is 5.95 Å². The lowest BCUT2D eigenvalue weighted by Crippen LogP contribution is -2.31. The number of amides is 1. The largest absolute Gasteiger partial charge is 0.328 e. The third-order valence-corrected chi connectivity index (χ3v) is 4.34. The Labute approximate surface area is 150 Å². The van der Waals surface area contributed by atoms with Crippen molar-refractivity contribution in [3.05, 3.63) is 77.5 Å². The maximum Gasteiger partial charge on any atom is 0.255 e. The maximum atomic E-state index is 13.1. The summed E-state index contributed by atoms with van der Waals surface area (Å²) in [5.41, 5.74) is 4.10.